The molecule has 0 spiro atoms. The number of ketones is 1. The molecule has 0 heterocycles. The van der Waals surface area contributed by atoms with E-state index in [4.69, 9.17) is 4.74 Å². The maximum atomic E-state index is 12.2. The second-order valence-electron chi connectivity index (χ2n) is 6.26. The molecule has 1 amide bonds. The van der Waals surface area contributed by atoms with Crippen LogP contribution < -0.4 is 14.8 Å². The first kappa shape index (κ1) is 21.4. The molecule has 0 aromatic heterocycles. The highest BCUT2D eigenvalue weighted by atomic mass is 32.2. The van der Waals surface area contributed by atoms with E-state index in [9.17, 15) is 18.0 Å². The monoisotopic (exact) mass is 404 g/mol. The van der Waals surface area contributed by atoms with Crippen molar-refractivity contribution in [3.8, 4) is 5.75 Å². The number of anilines is 2. The van der Waals surface area contributed by atoms with Crippen LogP contribution in [0.25, 0.3) is 0 Å². The van der Waals surface area contributed by atoms with Gasteiger partial charge in [-0.25, -0.2) is 8.42 Å². The standard InChI is InChI=1S/C20H24N2O5S/c1-4-28(25,26)22-17-10-9-16(13-19(17)27-3)21-20(24)12-11-18(23)15-7-5-14(2)6-8-15/h5-10,13,22H,4,11-12H2,1-3H3,(H,21,24). The van der Waals surface area contributed by atoms with Gasteiger partial charge in [0.05, 0.1) is 18.6 Å². The minimum atomic E-state index is -3.44. The Hall–Kier alpha value is -2.87. The molecular formula is C20H24N2O5S. The van der Waals surface area contributed by atoms with Gasteiger partial charge in [0.15, 0.2) is 5.78 Å². The van der Waals surface area contributed by atoms with E-state index in [1.54, 1.807) is 18.2 Å². The minimum Gasteiger partial charge on any atom is -0.494 e. The molecule has 2 N–H and O–H groups in total. The van der Waals surface area contributed by atoms with Crippen LogP contribution >= 0.6 is 0 Å². The van der Waals surface area contributed by atoms with Crippen LogP contribution in [0.4, 0.5) is 11.4 Å². The number of ether oxygens (including phenoxy) is 1. The molecule has 8 heteroatoms. The molecule has 0 atom stereocenters. The average molecular weight is 404 g/mol. The number of amides is 1. The van der Waals surface area contributed by atoms with E-state index >= 15 is 0 Å². The zero-order valence-corrected chi connectivity index (χ0v) is 16.9. The number of hydrogen-bond donors (Lipinski definition) is 2. The number of carbonyl (C=O) groups is 2. The van der Waals surface area contributed by atoms with Crippen molar-refractivity contribution in [3.63, 3.8) is 0 Å². The van der Waals surface area contributed by atoms with Gasteiger partial charge in [-0.05, 0) is 26.0 Å². The van der Waals surface area contributed by atoms with E-state index in [2.05, 4.69) is 10.0 Å². The van der Waals surface area contributed by atoms with Crippen molar-refractivity contribution in [1.29, 1.82) is 0 Å². The van der Waals surface area contributed by atoms with E-state index in [0.29, 0.717) is 11.3 Å². The lowest BCUT2D eigenvalue weighted by molar-refractivity contribution is -0.116. The highest BCUT2D eigenvalue weighted by Crippen LogP contribution is 2.29. The van der Waals surface area contributed by atoms with Crippen LogP contribution in [0, 0.1) is 6.92 Å². The van der Waals surface area contributed by atoms with Crippen molar-refractivity contribution < 1.29 is 22.7 Å². The normalized spacial score (nSPS) is 11.0. The zero-order chi connectivity index (χ0) is 20.7. The van der Waals surface area contributed by atoms with E-state index in [0.717, 1.165) is 5.56 Å². The quantitative estimate of drug-likeness (QED) is 0.624. The lowest BCUT2D eigenvalue weighted by Gasteiger charge is -2.13. The molecule has 0 aliphatic rings. The topological polar surface area (TPSA) is 102 Å². The van der Waals surface area contributed by atoms with Crippen molar-refractivity contribution in [3.05, 3.63) is 53.6 Å². The molecule has 2 aromatic carbocycles. The van der Waals surface area contributed by atoms with E-state index in [1.807, 2.05) is 19.1 Å². The van der Waals surface area contributed by atoms with Gasteiger partial charge < -0.3 is 10.1 Å². The molecule has 28 heavy (non-hydrogen) atoms. The van der Waals surface area contributed by atoms with Crippen molar-refractivity contribution >= 4 is 33.1 Å². The first-order chi connectivity index (χ1) is 13.2. The molecule has 0 saturated carbocycles. The number of carbonyl (C=O) groups excluding carboxylic acids is 2. The summed E-state index contributed by atoms with van der Waals surface area (Å²) >= 11 is 0. The van der Waals surface area contributed by atoms with Crippen LogP contribution in [0.2, 0.25) is 0 Å². The number of nitrogens with one attached hydrogen (secondary N) is 2. The van der Waals surface area contributed by atoms with Gasteiger partial charge >= 0.3 is 0 Å². The van der Waals surface area contributed by atoms with Crippen LogP contribution in [0.3, 0.4) is 0 Å². The molecule has 150 valence electrons. The summed E-state index contributed by atoms with van der Waals surface area (Å²) in [6.07, 6.45) is 0.139. The Morgan fingerprint density at radius 1 is 1.04 bits per heavy atom. The van der Waals surface area contributed by atoms with Gasteiger partial charge in [-0.1, -0.05) is 29.8 Å². The van der Waals surface area contributed by atoms with Crippen LogP contribution in [0.1, 0.15) is 35.7 Å². The Balaban J connectivity index is 1.97. The Kier molecular flexibility index (Phi) is 7.17. The van der Waals surface area contributed by atoms with Gasteiger partial charge in [-0.15, -0.1) is 0 Å². The molecule has 2 rings (SSSR count). The van der Waals surface area contributed by atoms with Crippen LogP contribution in [-0.4, -0.2) is 33.0 Å². The molecule has 0 aliphatic heterocycles. The predicted molar refractivity (Wildman–Crippen MR) is 109 cm³/mol. The van der Waals surface area contributed by atoms with Gasteiger partial charge in [0.2, 0.25) is 15.9 Å². The number of Topliss-reactive ketones (excluding diaryl/α,β-unsaturated/α-hetero) is 1. The Labute approximate surface area is 165 Å². The summed E-state index contributed by atoms with van der Waals surface area (Å²) in [5.41, 5.74) is 2.38. The summed E-state index contributed by atoms with van der Waals surface area (Å²) in [4.78, 5) is 24.3. The van der Waals surface area contributed by atoms with E-state index in [1.165, 1.54) is 26.2 Å². The lowest BCUT2D eigenvalue weighted by Crippen LogP contribution is -2.16. The Morgan fingerprint density at radius 3 is 2.32 bits per heavy atom. The fourth-order valence-electron chi connectivity index (χ4n) is 2.43. The zero-order valence-electron chi connectivity index (χ0n) is 16.1. The second kappa shape index (κ2) is 9.36. The summed E-state index contributed by atoms with van der Waals surface area (Å²) in [5.74, 6) is -0.198. The highest BCUT2D eigenvalue weighted by molar-refractivity contribution is 7.92. The van der Waals surface area contributed by atoms with Crippen LogP contribution in [0.15, 0.2) is 42.5 Å². The summed E-state index contributed by atoms with van der Waals surface area (Å²) in [6, 6.07) is 11.8. The molecule has 7 nitrogen and oxygen atoms in total. The van der Waals surface area contributed by atoms with Crippen LogP contribution in [0.5, 0.6) is 5.75 Å². The first-order valence-corrected chi connectivity index (χ1v) is 10.5. The molecule has 0 aliphatic carbocycles. The highest BCUT2D eigenvalue weighted by Gasteiger charge is 2.13. The number of methoxy groups -OCH3 is 1. The lowest BCUT2D eigenvalue weighted by atomic mass is 10.0. The minimum absolute atomic E-state index is 0.0409. The number of aryl methyl sites for hydroxylation is 1. The van der Waals surface area contributed by atoms with Crippen molar-refractivity contribution in [2.75, 3.05) is 22.9 Å². The van der Waals surface area contributed by atoms with Crippen molar-refractivity contribution in [2.45, 2.75) is 26.7 Å². The molecule has 0 unspecified atom stereocenters. The fraction of sp³-hybridized carbons (Fsp3) is 0.300. The summed E-state index contributed by atoms with van der Waals surface area (Å²) < 4.78 is 31.0. The summed E-state index contributed by atoms with van der Waals surface area (Å²) in [7, 11) is -2.04. The maximum absolute atomic E-state index is 12.2. The van der Waals surface area contributed by atoms with Crippen LogP contribution in [-0.2, 0) is 14.8 Å². The van der Waals surface area contributed by atoms with Crippen molar-refractivity contribution in [1.82, 2.24) is 0 Å². The third-order valence-electron chi connectivity index (χ3n) is 4.08. The molecule has 0 fully saturated rings. The Morgan fingerprint density at radius 2 is 1.71 bits per heavy atom. The SMILES string of the molecule is CCS(=O)(=O)Nc1ccc(NC(=O)CCC(=O)c2ccc(C)cc2)cc1OC. The predicted octanol–water partition coefficient (Wildman–Crippen LogP) is 3.37. The molecule has 0 radical (unpaired) electrons. The summed E-state index contributed by atoms with van der Waals surface area (Å²) in [6.45, 7) is 3.47. The number of hydrogen-bond acceptors (Lipinski definition) is 5. The largest absolute Gasteiger partial charge is 0.494 e. The van der Waals surface area contributed by atoms with Gasteiger partial charge in [0.25, 0.3) is 0 Å². The fourth-order valence-corrected chi connectivity index (χ4v) is 3.08. The van der Waals surface area contributed by atoms with Gasteiger partial charge in [-0.3, -0.25) is 14.3 Å². The molecular weight excluding hydrogens is 380 g/mol. The number of sulfonamides is 1. The Bertz CT molecular complexity index is 953. The third-order valence-corrected chi connectivity index (χ3v) is 5.37. The first-order valence-electron chi connectivity index (χ1n) is 8.82. The number of benzene rings is 2. The van der Waals surface area contributed by atoms with Gasteiger partial charge in [-0.2, -0.15) is 0 Å². The smallest absolute Gasteiger partial charge is 0.232 e. The molecule has 2 aromatic rings. The van der Waals surface area contributed by atoms with E-state index in [-0.39, 0.29) is 41.7 Å². The van der Waals surface area contributed by atoms with Gasteiger partial charge in [0.1, 0.15) is 5.75 Å². The third kappa shape index (κ3) is 6.09. The van der Waals surface area contributed by atoms with Gasteiger partial charge in [0, 0.05) is 30.2 Å². The van der Waals surface area contributed by atoms with E-state index < -0.39 is 10.0 Å². The number of rotatable bonds is 9. The maximum Gasteiger partial charge on any atom is 0.232 e. The average Bonchev–Trinajstić information content (AvgIpc) is 2.67. The molecule has 0 saturated heterocycles. The summed E-state index contributed by atoms with van der Waals surface area (Å²) in [5, 5.41) is 2.69. The second-order valence-corrected chi connectivity index (χ2v) is 8.27. The van der Waals surface area contributed by atoms with Crippen molar-refractivity contribution in [2.24, 2.45) is 0 Å². The molecule has 0 bridgehead atoms.